The van der Waals surface area contributed by atoms with E-state index in [1.165, 1.54) is 6.08 Å². The maximum Gasteiger partial charge on any atom is 0.340 e. The van der Waals surface area contributed by atoms with E-state index in [1.807, 2.05) is 0 Å². The molecule has 210 valence electrons. The van der Waals surface area contributed by atoms with Crippen LogP contribution < -0.4 is 0 Å². The van der Waals surface area contributed by atoms with Crippen molar-refractivity contribution in [2.75, 3.05) is 26.4 Å². The summed E-state index contributed by atoms with van der Waals surface area (Å²) >= 11 is 0. The largest absolute Gasteiger partial charge is 0.471 e. The molecule has 0 aromatic heterocycles. The highest BCUT2D eigenvalue weighted by molar-refractivity contribution is 5.91. The Hall–Kier alpha value is -1.73. The van der Waals surface area contributed by atoms with Gasteiger partial charge in [-0.05, 0) is 0 Å². The Bertz CT molecular complexity index is 882. The van der Waals surface area contributed by atoms with E-state index in [0.717, 1.165) is 6.26 Å². The molecule has 4 aliphatic heterocycles. The van der Waals surface area contributed by atoms with Crippen molar-refractivity contribution in [1.29, 1.82) is 0 Å². The summed E-state index contributed by atoms with van der Waals surface area (Å²) in [6.07, 6.45) is -11.8. The summed E-state index contributed by atoms with van der Waals surface area (Å²) < 4.78 is 32.0. The van der Waals surface area contributed by atoms with Gasteiger partial charge in [-0.3, -0.25) is 0 Å². The smallest absolute Gasteiger partial charge is 0.340 e. The maximum absolute atomic E-state index is 12.0. The van der Waals surface area contributed by atoms with Crippen LogP contribution in [0.15, 0.2) is 24.5 Å². The van der Waals surface area contributed by atoms with Crippen molar-refractivity contribution < 1.29 is 74.1 Å². The van der Waals surface area contributed by atoms with Crippen molar-refractivity contribution in [3.8, 4) is 0 Å². The summed E-state index contributed by atoms with van der Waals surface area (Å²) in [7, 11) is 0. The minimum Gasteiger partial charge on any atom is -0.471 e. The van der Waals surface area contributed by atoms with Crippen LogP contribution in [0.4, 0.5) is 0 Å². The predicted molar refractivity (Wildman–Crippen MR) is 115 cm³/mol. The normalized spacial score (nSPS) is 48.0. The topological polar surface area (TPSA) is 234 Å². The van der Waals surface area contributed by atoms with Gasteiger partial charge in [0.25, 0.3) is 0 Å². The fourth-order valence-electron chi connectivity index (χ4n) is 4.81. The molecule has 15 heteroatoms. The number of hydrogen-bond acceptors (Lipinski definition) is 15. The van der Waals surface area contributed by atoms with Crippen LogP contribution in [0, 0.1) is 5.92 Å². The highest BCUT2D eigenvalue weighted by Gasteiger charge is 2.55. The predicted octanol–water partition coefficient (Wildman–Crippen LogP) is -4.65. The average Bonchev–Trinajstić information content (AvgIpc) is 3.08. The maximum atomic E-state index is 12.0. The molecule has 0 spiro atoms. The highest BCUT2D eigenvalue weighted by Crippen LogP contribution is 2.42. The molecule has 0 amide bonds. The molecule has 3 fully saturated rings. The van der Waals surface area contributed by atoms with E-state index < -0.39 is 98.4 Å². The molecule has 0 aromatic rings. The van der Waals surface area contributed by atoms with E-state index >= 15 is 0 Å². The van der Waals surface area contributed by atoms with Gasteiger partial charge in [0.1, 0.15) is 60.5 Å². The van der Waals surface area contributed by atoms with Crippen molar-refractivity contribution in [3.05, 3.63) is 24.5 Å². The number of carbonyl (C=O) groups is 1. The van der Waals surface area contributed by atoms with Crippen LogP contribution in [-0.4, -0.2) is 140 Å². The van der Waals surface area contributed by atoms with Crippen molar-refractivity contribution in [3.63, 3.8) is 0 Å². The van der Waals surface area contributed by atoms with Gasteiger partial charge >= 0.3 is 5.97 Å². The van der Waals surface area contributed by atoms with Crippen LogP contribution in [0.3, 0.4) is 0 Å². The number of cyclic esters (lactones) is 1. The number of carbonyl (C=O) groups excluding carboxylic acids is 1. The third kappa shape index (κ3) is 5.03. The second kappa shape index (κ2) is 10.8. The summed E-state index contributed by atoms with van der Waals surface area (Å²) in [4.78, 5) is 12.0. The van der Waals surface area contributed by atoms with E-state index in [1.54, 1.807) is 0 Å². The summed E-state index contributed by atoms with van der Waals surface area (Å²) in [5, 5.41) is 81.7. The van der Waals surface area contributed by atoms with E-state index in [-0.39, 0.29) is 18.6 Å². The first kappa shape index (κ1) is 28.3. The number of hydrogen-bond donors (Lipinski definition) is 8. The van der Waals surface area contributed by atoms with Gasteiger partial charge < -0.3 is 69.3 Å². The molecular weight excluding hydrogens is 504 g/mol. The van der Waals surface area contributed by atoms with Gasteiger partial charge in [0.15, 0.2) is 6.29 Å². The zero-order valence-corrected chi connectivity index (χ0v) is 19.6. The average molecular weight is 536 g/mol. The van der Waals surface area contributed by atoms with Gasteiger partial charge in [-0.15, -0.1) is 6.58 Å². The first-order chi connectivity index (χ1) is 17.5. The van der Waals surface area contributed by atoms with Crippen LogP contribution >= 0.6 is 0 Å². The molecule has 3 saturated heterocycles. The van der Waals surface area contributed by atoms with Gasteiger partial charge in [-0.1, -0.05) is 6.08 Å². The Morgan fingerprint density at radius 1 is 1.05 bits per heavy atom. The van der Waals surface area contributed by atoms with Gasteiger partial charge in [0.2, 0.25) is 12.1 Å². The fraction of sp³-hybridized carbons (Fsp3) is 0.773. The number of ether oxygens (including phenoxy) is 6. The molecule has 8 N–H and O–H groups in total. The standard InChI is InChI=1S/C22H32O15/c1-2-9-19(34-6-10-18(29)33-4-3-21(9,10)30)36-20-16(27)15(26)13(24)12(35-20)7-32-8-22(31)17(28)14(25)11(5-23)37-22/h2,6,9,11-17,19-20,23-28,30-31H,1,3-5,7-8H2/t9-,11-,12+,13+,14-,15-,16+,17+,19+,20-,21+,22-/m1/s1. The molecule has 15 nitrogen and oxygen atoms in total. The quantitative estimate of drug-likeness (QED) is 0.108. The van der Waals surface area contributed by atoms with E-state index in [9.17, 15) is 45.6 Å². The number of aliphatic hydroxyl groups is 8. The second-order valence-corrected chi connectivity index (χ2v) is 9.39. The van der Waals surface area contributed by atoms with Crippen LogP contribution in [0.2, 0.25) is 0 Å². The van der Waals surface area contributed by atoms with Crippen molar-refractivity contribution >= 4 is 5.97 Å². The van der Waals surface area contributed by atoms with E-state index in [2.05, 4.69) is 6.58 Å². The Kier molecular flexibility index (Phi) is 8.25. The molecule has 4 aliphatic rings. The SMILES string of the molecule is C=C[C@@H]1[C@H](O[C@H]2O[C@@H](COC[C@@]3(O)O[C@H](CO)[C@@H](O)[C@@H]3O)[C@H](O)[C@@H](O)[C@@H]2O)OC=C2C(=O)OCC[C@@]21O. The van der Waals surface area contributed by atoms with Gasteiger partial charge in [0, 0.05) is 6.42 Å². The van der Waals surface area contributed by atoms with Crippen LogP contribution in [-0.2, 0) is 33.2 Å². The molecule has 4 heterocycles. The van der Waals surface area contributed by atoms with Crippen LogP contribution in [0.1, 0.15) is 6.42 Å². The zero-order valence-electron chi connectivity index (χ0n) is 19.6. The molecule has 0 bridgehead atoms. The number of rotatable bonds is 8. The lowest BCUT2D eigenvalue weighted by molar-refractivity contribution is -0.347. The van der Waals surface area contributed by atoms with Crippen molar-refractivity contribution in [2.24, 2.45) is 5.92 Å². The minimum atomic E-state index is -2.37. The summed E-state index contributed by atoms with van der Waals surface area (Å²) in [5.41, 5.74) is -1.85. The van der Waals surface area contributed by atoms with Gasteiger partial charge in [-0.25, -0.2) is 4.79 Å². The number of esters is 1. The molecule has 0 saturated carbocycles. The van der Waals surface area contributed by atoms with Gasteiger partial charge in [-0.2, -0.15) is 0 Å². The molecule has 0 unspecified atom stereocenters. The van der Waals surface area contributed by atoms with Crippen LogP contribution in [0.25, 0.3) is 0 Å². The van der Waals surface area contributed by atoms with E-state index in [4.69, 9.17) is 28.4 Å². The summed E-state index contributed by atoms with van der Waals surface area (Å²) in [6, 6.07) is 0. The van der Waals surface area contributed by atoms with Crippen molar-refractivity contribution in [2.45, 2.75) is 73.1 Å². The first-order valence-electron chi connectivity index (χ1n) is 11.6. The second-order valence-electron chi connectivity index (χ2n) is 9.39. The summed E-state index contributed by atoms with van der Waals surface area (Å²) in [6.45, 7) is 1.72. The van der Waals surface area contributed by atoms with Crippen molar-refractivity contribution in [1.82, 2.24) is 0 Å². The molecule has 0 radical (unpaired) electrons. The lowest BCUT2D eigenvalue weighted by atomic mass is 9.76. The Balaban J connectivity index is 1.41. The highest BCUT2D eigenvalue weighted by atomic mass is 16.8. The third-order valence-electron chi connectivity index (χ3n) is 7.05. The lowest BCUT2D eigenvalue weighted by Gasteiger charge is -2.46. The Morgan fingerprint density at radius 2 is 1.78 bits per heavy atom. The fourth-order valence-corrected chi connectivity index (χ4v) is 4.81. The molecular formula is C22H32O15. The zero-order chi connectivity index (χ0) is 27.1. The molecule has 4 rings (SSSR count). The number of aliphatic hydroxyl groups excluding tert-OH is 6. The minimum absolute atomic E-state index is 0.0268. The molecule has 0 aliphatic carbocycles. The molecule has 0 aromatic carbocycles. The van der Waals surface area contributed by atoms with Crippen LogP contribution in [0.5, 0.6) is 0 Å². The Labute approximate surface area is 210 Å². The lowest BCUT2D eigenvalue weighted by Crippen LogP contribution is -2.61. The molecule has 37 heavy (non-hydrogen) atoms. The third-order valence-corrected chi connectivity index (χ3v) is 7.05. The summed E-state index contributed by atoms with van der Waals surface area (Å²) in [5.74, 6) is -4.13. The van der Waals surface area contributed by atoms with Gasteiger partial charge in [0.05, 0.1) is 32.0 Å². The molecule has 12 atom stereocenters. The number of fused-ring (bicyclic) bond motifs is 1. The first-order valence-corrected chi connectivity index (χ1v) is 11.6. The monoisotopic (exact) mass is 536 g/mol. The van der Waals surface area contributed by atoms with E-state index in [0.29, 0.717) is 0 Å². The Morgan fingerprint density at radius 3 is 2.43 bits per heavy atom.